The second-order valence-electron chi connectivity index (χ2n) is 6.00. The van der Waals surface area contributed by atoms with Crippen molar-refractivity contribution in [3.05, 3.63) is 53.7 Å². The topological polar surface area (TPSA) is 25.4 Å². The van der Waals surface area contributed by atoms with Crippen molar-refractivity contribution in [3.63, 3.8) is 0 Å². The minimum atomic E-state index is 0.314. The molecule has 0 bridgehead atoms. The lowest BCUT2D eigenvalue weighted by molar-refractivity contribution is 0.170. The summed E-state index contributed by atoms with van der Waals surface area (Å²) in [6.45, 7) is 6.26. The molecular weight excluding hydrogens is 272 g/mol. The molecule has 0 aliphatic carbocycles. The highest BCUT2D eigenvalue weighted by atomic mass is 16.5. The third kappa shape index (κ3) is 3.59. The second kappa shape index (κ2) is 6.82. The number of hydrogen-bond donors (Lipinski definition) is 0. The Kier molecular flexibility index (Phi) is 4.62. The molecule has 2 aromatic rings. The van der Waals surface area contributed by atoms with E-state index in [1.165, 1.54) is 11.1 Å². The fourth-order valence-corrected chi connectivity index (χ4v) is 2.85. The number of anilines is 1. The van der Waals surface area contributed by atoms with Gasteiger partial charge >= 0.3 is 0 Å². The number of aromatic nitrogens is 1. The van der Waals surface area contributed by atoms with Gasteiger partial charge in [0.05, 0.1) is 0 Å². The Morgan fingerprint density at radius 1 is 1.09 bits per heavy atom. The zero-order valence-electron chi connectivity index (χ0n) is 13.5. The van der Waals surface area contributed by atoms with Crippen LogP contribution >= 0.6 is 0 Å². The van der Waals surface area contributed by atoms with Gasteiger partial charge in [-0.25, -0.2) is 4.98 Å². The van der Waals surface area contributed by atoms with Crippen molar-refractivity contribution in [2.45, 2.75) is 39.2 Å². The summed E-state index contributed by atoms with van der Waals surface area (Å²) in [7, 11) is 0. The lowest BCUT2D eigenvalue weighted by Crippen LogP contribution is -2.38. The molecule has 1 aliphatic rings. The van der Waals surface area contributed by atoms with E-state index in [1.807, 2.05) is 6.20 Å². The van der Waals surface area contributed by atoms with E-state index in [0.29, 0.717) is 6.10 Å². The van der Waals surface area contributed by atoms with Crippen molar-refractivity contribution >= 4 is 5.82 Å². The normalized spacial score (nSPS) is 15.8. The zero-order valence-corrected chi connectivity index (χ0v) is 13.5. The van der Waals surface area contributed by atoms with E-state index in [-0.39, 0.29) is 0 Å². The SMILES string of the molecule is CCc1ccc(OC2CCN(c3ccc(C)cn3)CC2)cc1. The van der Waals surface area contributed by atoms with Gasteiger partial charge in [0, 0.05) is 32.1 Å². The summed E-state index contributed by atoms with van der Waals surface area (Å²) in [6.07, 6.45) is 5.42. The molecule has 1 aliphatic heterocycles. The van der Waals surface area contributed by atoms with Crippen LogP contribution in [0.5, 0.6) is 5.75 Å². The van der Waals surface area contributed by atoms with Crippen molar-refractivity contribution in [2.24, 2.45) is 0 Å². The van der Waals surface area contributed by atoms with Crippen LogP contribution in [0.15, 0.2) is 42.6 Å². The molecule has 1 aromatic carbocycles. The molecule has 1 aromatic heterocycles. The molecule has 0 unspecified atom stereocenters. The summed E-state index contributed by atoms with van der Waals surface area (Å²) in [5.74, 6) is 2.07. The average Bonchev–Trinajstić information content (AvgIpc) is 2.57. The van der Waals surface area contributed by atoms with E-state index >= 15 is 0 Å². The van der Waals surface area contributed by atoms with Gasteiger partial charge in [0.1, 0.15) is 17.7 Å². The predicted molar refractivity (Wildman–Crippen MR) is 90.7 cm³/mol. The zero-order chi connectivity index (χ0) is 15.4. The standard InChI is InChI=1S/C19H24N2O/c1-3-16-5-7-17(8-6-16)22-18-10-12-21(13-11-18)19-9-4-15(2)14-20-19/h4-9,14,18H,3,10-13H2,1-2H3. The molecular formula is C19H24N2O. The van der Waals surface area contributed by atoms with Gasteiger partial charge in [0.2, 0.25) is 0 Å². The Labute approximate surface area is 132 Å². The van der Waals surface area contributed by atoms with Crippen LogP contribution in [0, 0.1) is 6.92 Å². The van der Waals surface area contributed by atoms with Gasteiger partial charge in [-0.05, 0) is 42.7 Å². The van der Waals surface area contributed by atoms with Gasteiger partial charge in [0.15, 0.2) is 0 Å². The van der Waals surface area contributed by atoms with Crippen molar-refractivity contribution < 1.29 is 4.74 Å². The van der Waals surface area contributed by atoms with Gasteiger partial charge < -0.3 is 9.64 Å². The fraction of sp³-hybridized carbons (Fsp3) is 0.421. The number of rotatable bonds is 4. The minimum absolute atomic E-state index is 0.314. The lowest BCUT2D eigenvalue weighted by Gasteiger charge is -2.33. The Morgan fingerprint density at radius 2 is 1.82 bits per heavy atom. The summed E-state index contributed by atoms with van der Waals surface area (Å²) >= 11 is 0. The van der Waals surface area contributed by atoms with Crippen molar-refractivity contribution in [1.29, 1.82) is 0 Å². The Hall–Kier alpha value is -2.03. The van der Waals surface area contributed by atoms with Gasteiger partial charge in [-0.1, -0.05) is 25.1 Å². The van der Waals surface area contributed by atoms with E-state index in [2.05, 4.69) is 60.1 Å². The summed E-state index contributed by atoms with van der Waals surface area (Å²) in [4.78, 5) is 6.86. The summed E-state index contributed by atoms with van der Waals surface area (Å²) in [6, 6.07) is 12.7. The third-order valence-corrected chi connectivity index (χ3v) is 4.30. The predicted octanol–water partition coefficient (Wildman–Crippen LogP) is 4.00. The lowest BCUT2D eigenvalue weighted by atomic mass is 10.1. The van der Waals surface area contributed by atoms with Crippen LogP contribution in [-0.2, 0) is 6.42 Å². The number of hydrogen-bond acceptors (Lipinski definition) is 3. The number of aryl methyl sites for hydroxylation is 2. The number of piperidine rings is 1. The highest BCUT2D eigenvalue weighted by Gasteiger charge is 2.21. The van der Waals surface area contributed by atoms with Crippen molar-refractivity contribution in [1.82, 2.24) is 4.98 Å². The minimum Gasteiger partial charge on any atom is -0.490 e. The first-order chi connectivity index (χ1) is 10.7. The van der Waals surface area contributed by atoms with E-state index in [1.54, 1.807) is 0 Å². The second-order valence-corrected chi connectivity index (χ2v) is 6.00. The van der Waals surface area contributed by atoms with Gasteiger partial charge in [-0.15, -0.1) is 0 Å². The number of nitrogens with zero attached hydrogens (tertiary/aromatic N) is 2. The molecule has 22 heavy (non-hydrogen) atoms. The largest absolute Gasteiger partial charge is 0.490 e. The smallest absolute Gasteiger partial charge is 0.128 e. The highest BCUT2D eigenvalue weighted by Crippen LogP contribution is 2.22. The Bertz CT molecular complexity index is 584. The quantitative estimate of drug-likeness (QED) is 0.852. The molecule has 3 rings (SSSR count). The van der Waals surface area contributed by atoms with Gasteiger partial charge in [-0.2, -0.15) is 0 Å². The van der Waals surface area contributed by atoms with Gasteiger partial charge in [-0.3, -0.25) is 0 Å². The summed E-state index contributed by atoms with van der Waals surface area (Å²) < 4.78 is 6.11. The molecule has 1 fully saturated rings. The molecule has 116 valence electrons. The van der Waals surface area contributed by atoms with Crippen LogP contribution in [0.3, 0.4) is 0 Å². The maximum Gasteiger partial charge on any atom is 0.128 e. The van der Waals surface area contributed by atoms with Gasteiger partial charge in [0.25, 0.3) is 0 Å². The Morgan fingerprint density at radius 3 is 2.41 bits per heavy atom. The van der Waals surface area contributed by atoms with Crippen LogP contribution in [0.2, 0.25) is 0 Å². The fourth-order valence-electron chi connectivity index (χ4n) is 2.85. The summed E-state index contributed by atoms with van der Waals surface area (Å²) in [5.41, 5.74) is 2.56. The molecule has 1 saturated heterocycles. The average molecular weight is 296 g/mol. The van der Waals surface area contributed by atoms with Crippen LogP contribution in [0.25, 0.3) is 0 Å². The van der Waals surface area contributed by atoms with Crippen molar-refractivity contribution in [2.75, 3.05) is 18.0 Å². The Balaban J connectivity index is 1.53. The molecule has 0 amide bonds. The van der Waals surface area contributed by atoms with E-state index in [9.17, 15) is 0 Å². The van der Waals surface area contributed by atoms with E-state index in [4.69, 9.17) is 4.74 Å². The maximum absolute atomic E-state index is 6.11. The first-order valence-electron chi connectivity index (χ1n) is 8.18. The molecule has 3 heteroatoms. The van der Waals surface area contributed by atoms with Crippen LogP contribution in [0.4, 0.5) is 5.82 Å². The summed E-state index contributed by atoms with van der Waals surface area (Å²) in [5, 5.41) is 0. The molecule has 0 saturated carbocycles. The van der Waals surface area contributed by atoms with Crippen LogP contribution in [0.1, 0.15) is 30.9 Å². The third-order valence-electron chi connectivity index (χ3n) is 4.30. The molecule has 0 radical (unpaired) electrons. The molecule has 0 atom stereocenters. The molecule has 2 heterocycles. The first kappa shape index (κ1) is 14.9. The maximum atomic E-state index is 6.11. The van der Waals surface area contributed by atoms with Crippen LogP contribution < -0.4 is 9.64 Å². The van der Waals surface area contributed by atoms with Crippen LogP contribution in [-0.4, -0.2) is 24.2 Å². The molecule has 3 nitrogen and oxygen atoms in total. The first-order valence-corrected chi connectivity index (χ1v) is 8.18. The van der Waals surface area contributed by atoms with E-state index in [0.717, 1.165) is 43.9 Å². The number of pyridine rings is 1. The van der Waals surface area contributed by atoms with E-state index < -0.39 is 0 Å². The number of benzene rings is 1. The molecule has 0 spiro atoms. The number of ether oxygens (including phenoxy) is 1. The molecule has 0 N–H and O–H groups in total. The highest BCUT2D eigenvalue weighted by molar-refractivity contribution is 5.39. The monoisotopic (exact) mass is 296 g/mol. The van der Waals surface area contributed by atoms with Crippen molar-refractivity contribution in [3.8, 4) is 5.75 Å².